The first-order valence-corrected chi connectivity index (χ1v) is 8.10. The Morgan fingerprint density at radius 1 is 1.08 bits per heavy atom. The number of rotatable bonds is 2. The van der Waals surface area contributed by atoms with Crippen LogP contribution in [0.2, 0.25) is 0 Å². The average molecular weight is 377 g/mol. The maximum atomic E-state index is 13.7. The number of benzene rings is 1. The topological polar surface area (TPSA) is 36.4 Å². The highest BCUT2D eigenvalue weighted by Crippen LogP contribution is 2.36. The number of aromatic nitrogens is 1. The van der Waals surface area contributed by atoms with E-state index in [0.29, 0.717) is 11.3 Å². The van der Waals surface area contributed by atoms with E-state index >= 15 is 0 Å². The third-order valence-electron chi connectivity index (χ3n) is 3.79. The summed E-state index contributed by atoms with van der Waals surface area (Å²) in [5.74, 6) is -2.66. The number of hydrogen-bond acceptors (Lipinski definition) is 4. The van der Waals surface area contributed by atoms with Gasteiger partial charge in [-0.25, -0.2) is 13.8 Å². The van der Waals surface area contributed by atoms with Gasteiger partial charge in [0.25, 0.3) is 5.91 Å². The van der Waals surface area contributed by atoms with E-state index in [2.05, 4.69) is 4.98 Å². The molecule has 0 N–H and O–H groups in total. The third kappa shape index (κ3) is 3.58. The summed E-state index contributed by atoms with van der Waals surface area (Å²) in [7, 11) is 0. The lowest BCUT2D eigenvalue weighted by atomic mass is 10.1. The van der Waals surface area contributed by atoms with Gasteiger partial charge in [-0.15, -0.1) is 0 Å². The zero-order valence-electron chi connectivity index (χ0n) is 12.7. The lowest BCUT2D eigenvalue weighted by molar-refractivity contribution is -0.134. The van der Waals surface area contributed by atoms with Gasteiger partial charge in [-0.2, -0.15) is 13.2 Å². The van der Waals surface area contributed by atoms with Crippen molar-refractivity contribution in [2.24, 2.45) is 0 Å². The van der Waals surface area contributed by atoms with Crippen molar-refractivity contribution in [3.63, 3.8) is 0 Å². The molecular weight excluding hydrogens is 365 g/mol. The van der Waals surface area contributed by atoms with E-state index in [9.17, 15) is 26.7 Å². The Labute approximate surface area is 143 Å². The first kappa shape index (κ1) is 17.6. The fraction of sp³-hybridized carbons (Fsp3) is 0.333. The van der Waals surface area contributed by atoms with Crippen molar-refractivity contribution >= 4 is 22.4 Å². The molecule has 10 heteroatoms. The molecule has 0 spiro atoms. The zero-order chi connectivity index (χ0) is 18.2. The van der Waals surface area contributed by atoms with Gasteiger partial charge in [0, 0.05) is 26.2 Å². The quantitative estimate of drug-likeness (QED) is 0.753. The molecule has 1 amide bonds. The van der Waals surface area contributed by atoms with Crippen molar-refractivity contribution in [2.75, 3.05) is 31.1 Å². The molecule has 0 atom stereocenters. The number of carbonyl (C=O) groups is 1. The summed E-state index contributed by atoms with van der Waals surface area (Å²) in [6.07, 6.45) is -3.68. The van der Waals surface area contributed by atoms with Gasteiger partial charge in [-0.3, -0.25) is 4.79 Å². The van der Waals surface area contributed by atoms with Crippen molar-refractivity contribution < 1.29 is 26.7 Å². The number of alkyl halides is 3. The summed E-state index contributed by atoms with van der Waals surface area (Å²) in [5.41, 5.74) is -0.621. The molecule has 3 rings (SSSR count). The van der Waals surface area contributed by atoms with Crippen LogP contribution < -0.4 is 4.90 Å². The van der Waals surface area contributed by atoms with Crippen molar-refractivity contribution in [3.8, 4) is 0 Å². The first-order valence-electron chi connectivity index (χ1n) is 7.28. The molecule has 1 aromatic carbocycles. The molecule has 134 valence electrons. The number of anilines is 1. The molecule has 1 fully saturated rings. The van der Waals surface area contributed by atoms with E-state index in [1.807, 2.05) is 0 Å². The predicted octanol–water partition coefficient (Wildman–Crippen LogP) is 3.40. The minimum Gasteiger partial charge on any atom is -0.345 e. The van der Waals surface area contributed by atoms with Crippen LogP contribution in [0.3, 0.4) is 0 Å². The summed E-state index contributed by atoms with van der Waals surface area (Å²) >= 11 is 0.524. The molecule has 0 bridgehead atoms. The number of hydrogen-bond donors (Lipinski definition) is 0. The molecule has 2 aromatic rings. The lowest BCUT2D eigenvalue weighted by Crippen LogP contribution is -2.49. The monoisotopic (exact) mass is 377 g/mol. The van der Waals surface area contributed by atoms with Crippen molar-refractivity contribution in [1.82, 2.24) is 9.88 Å². The molecule has 1 saturated heterocycles. The van der Waals surface area contributed by atoms with Gasteiger partial charge in [-0.1, -0.05) is 17.4 Å². The van der Waals surface area contributed by atoms with E-state index in [-0.39, 0.29) is 31.3 Å². The summed E-state index contributed by atoms with van der Waals surface area (Å²) in [6.45, 7) is 0.723. The third-order valence-corrected chi connectivity index (χ3v) is 4.89. The van der Waals surface area contributed by atoms with E-state index in [0.717, 1.165) is 18.3 Å². The predicted molar refractivity (Wildman–Crippen MR) is 81.6 cm³/mol. The van der Waals surface area contributed by atoms with E-state index in [4.69, 9.17) is 0 Å². The molecular formula is C15H12F5N3OS. The Morgan fingerprint density at radius 3 is 2.20 bits per heavy atom. The highest BCUT2D eigenvalue weighted by Gasteiger charge is 2.34. The molecule has 25 heavy (non-hydrogen) atoms. The van der Waals surface area contributed by atoms with Crippen LogP contribution >= 0.6 is 11.3 Å². The second kappa shape index (κ2) is 6.58. The minimum absolute atomic E-state index is 0.132. The first-order chi connectivity index (χ1) is 11.8. The fourth-order valence-corrected chi connectivity index (χ4v) is 3.34. The Balaban J connectivity index is 1.68. The smallest absolute Gasteiger partial charge is 0.345 e. The molecule has 0 radical (unpaired) electrons. The summed E-state index contributed by atoms with van der Waals surface area (Å²) in [4.78, 5) is 18.1. The Hall–Kier alpha value is -2.23. The second-order valence-corrected chi connectivity index (χ2v) is 6.39. The summed E-state index contributed by atoms with van der Waals surface area (Å²) in [6, 6.07) is 3.17. The molecule has 1 aliphatic rings. The SMILES string of the molecule is O=C(c1c(F)cccc1F)N1CCN(c2ncc(C(F)(F)F)s2)CC1. The van der Waals surface area contributed by atoms with Crippen molar-refractivity contribution in [1.29, 1.82) is 0 Å². The Kier molecular flexibility index (Phi) is 4.63. The number of thiazole rings is 1. The number of nitrogens with zero attached hydrogens (tertiary/aromatic N) is 3. The Morgan fingerprint density at radius 2 is 1.68 bits per heavy atom. The second-order valence-electron chi connectivity index (χ2n) is 5.38. The van der Waals surface area contributed by atoms with E-state index in [1.165, 1.54) is 11.0 Å². The van der Waals surface area contributed by atoms with E-state index < -0.39 is 34.2 Å². The van der Waals surface area contributed by atoms with Crippen LogP contribution in [0.4, 0.5) is 27.1 Å². The molecule has 1 aliphatic heterocycles. The Bertz CT molecular complexity index is 763. The van der Waals surface area contributed by atoms with Crippen LogP contribution in [-0.4, -0.2) is 42.0 Å². The largest absolute Gasteiger partial charge is 0.427 e. The van der Waals surface area contributed by atoms with Crippen molar-refractivity contribution in [2.45, 2.75) is 6.18 Å². The van der Waals surface area contributed by atoms with Gasteiger partial charge in [0.05, 0.1) is 6.20 Å². The van der Waals surface area contributed by atoms with Gasteiger partial charge >= 0.3 is 6.18 Å². The maximum absolute atomic E-state index is 13.7. The standard InChI is InChI=1S/C15H12F5N3OS/c16-9-2-1-3-10(17)12(9)13(24)22-4-6-23(7-5-22)14-21-8-11(25-14)15(18,19)20/h1-3,8H,4-7H2. The van der Waals surface area contributed by atoms with Crippen LogP contribution in [0, 0.1) is 11.6 Å². The van der Waals surface area contributed by atoms with Gasteiger partial charge in [0.2, 0.25) is 0 Å². The molecule has 0 saturated carbocycles. The zero-order valence-corrected chi connectivity index (χ0v) is 13.5. The van der Waals surface area contributed by atoms with Crippen LogP contribution in [-0.2, 0) is 6.18 Å². The molecule has 0 unspecified atom stereocenters. The van der Waals surface area contributed by atoms with Gasteiger partial charge in [0.15, 0.2) is 5.13 Å². The van der Waals surface area contributed by atoms with Crippen LogP contribution in [0.1, 0.15) is 15.2 Å². The van der Waals surface area contributed by atoms with Crippen LogP contribution in [0.25, 0.3) is 0 Å². The molecule has 2 heterocycles. The number of amides is 1. The summed E-state index contributed by atoms with van der Waals surface area (Å²) < 4.78 is 65.3. The van der Waals surface area contributed by atoms with Crippen LogP contribution in [0.15, 0.2) is 24.4 Å². The highest BCUT2D eigenvalue weighted by molar-refractivity contribution is 7.15. The number of carbonyl (C=O) groups excluding carboxylic acids is 1. The molecule has 1 aromatic heterocycles. The number of halogens is 5. The van der Waals surface area contributed by atoms with Crippen molar-refractivity contribution in [3.05, 3.63) is 46.5 Å². The van der Waals surface area contributed by atoms with Gasteiger partial charge in [-0.05, 0) is 12.1 Å². The normalized spacial score (nSPS) is 15.6. The van der Waals surface area contributed by atoms with Crippen LogP contribution in [0.5, 0.6) is 0 Å². The summed E-state index contributed by atoms with van der Waals surface area (Å²) in [5, 5.41) is 0.205. The van der Waals surface area contributed by atoms with E-state index in [1.54, 1.807) is 4.90 Å². The molecule has 0 aliphatic carbocycles. The average Bonchev–Trinajstić information content (AvgIpc) is 3.05. The van der Waals surface area contributed by atoms with Gasteiger partial charge in [0.1, 0.15) is 22.1 Å². The lowest BCUT2D eigenvalue weighted by Gasteiger charge is -2.34. The molecule has 4 nitrogen and oxygen atoms in total. The number of piperazine rings is 1. The highest BCUT2D eigenvalue weighted by atomic mass is 32.1. The fourth-order valence-electron chi connectivity index (χ4n) is 2.50. The minimum atomic E-state index is -4.45. The van der Waals surface area contributed by atoms with Gasteiger partial charge < -0.3 is 9.80 Å². The maximum Gasteiger partial charge on any atom is 0.427 e.